The average Bonchev–Trinajstić information content (AvgIpc) is 3.17. The molecule has 1 aromatic heterocycles. The van der Waals surface area contributed by atoms with E-state index in [9.17, 15) is 9.59 Å². The van der Waals surface area contributed by atoms with E-state index in [0.717, 1.165) is 22.2 Å². The van der Waals surface area contributed by atoms with Gasteiger partial charge in [-0.1, -0.05) is 42.5 Å². The topological polar surface area (TPSA) is 73.2 Å². The van der Waals surface area contributed by atoms with E-state index in [2.05, 4.69) is 10.4 Å². The molecule has 0 spiro atoms. The predicted molar refractivity (Wildman–Crippen MR) is 108 cm³/mol. The summed E-state index contributed by atoms with van der Waals surface area (Å²) in [7, 11) is 0. The van der Waals surface area contributed by atoms with Gasteiger partial charge < -0.3 is 4.74 Å². The highest BCUT2D eigenvalue weighted by molar-refractivity contribution is 6.02. The average molecular weight is 383 g/mol. The van der Waals surface area contributed by atoms with E-state index < -0.39 is 0 Å². The number of para-hydroxylation sites is 2. The van der Waals surface area contributed by atoms with Crippen LogP contribution >= 0.6 is 0 Å². The number of nitrogens with zero attached hydrogens (tertiary/aromatic N) is 2. The number of amides is 1. The SMILES string of the molecule is O=C(Nn1cnc2ccccc21)c1ccc2c(c1)CC(c1ccccc1)OC2=O. The minimum Gasteiger partial charge on any atom is -0.454 e. The number of ether oxygens (including phenoxy) is 1. The summed E-state index contributed by atoms with van der Waals surface area (Å²) in [5, 5.41) is 0. The molecule has 0 saturated carbocycles. The van der Waals surface area contributed by atoms with E-state index >= 15 is 0 Å². The summed E-state index contributed by atoms with van der Waals surface area (Å²) in [6.07, 6.45) is 1.75. The second-order valence-corrected chi connectivity index (χ2v) is 6.92. The second-order valence-electron chi connectivity index (χ2n) is 6.92. The fourth-order valence-electron chi connectivity index (χ4n) is 3.61. The maximum atomic E-state index is 12.8. The van der Waals surface area contributed by atoms with Crippen molar-refractivity contribution in [3.05, 3.63) is 101 Å². The molecule has 4 aromatic rings. The molecular weight excluding hydrogens is 366 g/mol. The molecule has 0 bridgehead atoms. The molecule has 1 unspecified atom stereocenters. The van der Waals surface area contributed by atoms with Crippen molar-refractivity contribution in [1.82, 2.24) is 9.66 Å². The maximum absolute atomic E-state index is 12.8. The Labute approximate surface area is 166 Å². The van der Waals surface area contributed by atoms with Crippen LogP contribution in [0.4, 0.5) is 0 Å². The molecule has 0 radical (unpaired) electrons. The van der Waals surface area contributed by atoms with Crippen LogP contribution in [0.5, 0.6) is 0 Å². The molecule has 6 heteroatoms. The molecule has 0 aliphatic carbocycles. The van der Waals surface area contributed by atoms with Crippen LogP contribution in [0.1, 0.15) is 37.9 Å². The lowest BCUT2D eigenvalue weighted by molar-refractivity contribution is 0.0252. The summed E-state index contributed by atoms with van der Waals surface area (Å²) in [4.78, 5) is 29.5. The first-order chi connectivity index (χ1) is 14.2. The largest absolute Gasteiger partial charge is 0.454 e. The summed E-state index contributed by atoms with van der Waals surface area (Å²) >= 11 is 0. The fraction of sp³-hybridized carbons (Fsp3) is 0.0870. The Bertz CT molecular complexity index is 1230. The minimum atomic E-state index is -0.368. The van der Waals surface area contributed by atoms with Gasteiger partial charge in [-0.15, -0.1) is 0 Å². The first kappa shape index (κ1) is 17.2. The van der Waals surface area contributed by atoms with Gasteiger partial charge in [-0.05, 0) is 41.5 Å². The molecule has 142 valence electrons. The normalized spacial score (nSPS) is 15.6. The Hall–Kier alpha value is -3.93. The van der Waals surface area contributed by atoms with Crippen LogP contribution in [0.2, 0.25) is 0 Å². The molecule has 5 rings (SSSR count). The zero-order chi connectivity index (χ0) is 19.8. The van der Waals surface area contributed by atoms with Crippen LogP contribution in [-0.4, -0.2) is 21.5 Å². The summed E-state index contributed by atoms with van der Waals surface area (Å²) in [6, 6.07) is 22.2. The van der Waals surface area contributed by atoms with E-state index in [4.69, 9.17) is 4.74 Å². The number of carbonyl (C=O) groups excluding carboxylic acids is 2. The lowest BCUT2D eigenvalue weighted by atomic mass is 9.93. The molecule has 1 aliphatic rings. The number of fused-ring (bicyclic) bond motifs is 2. The van der Waals surface area contributed by atoms with Crippen LogP contribution in [0.3, 0.4) is 0 Å². The molecule has 0 fully saturated rings. The lowest BCUT2D eigenvalue weighted by Crippen LogP contribution is -2.25. The number of hydrogen-bond acceptors (Lipinski definition) is 4. The van der Waals surface area contributed by atoms with E-state index in [1.807, 2.05) is 54.6 Å². The van der Waals surface area contributed by atoms with E-state index in [0.29, 0.717) is 17.5 Å². The van der Waals surface area contributed by atoms with Crippen LogP contribution in [-0.2, 0) is 11.2 Å². The monoisotopic (exact) mass is 383 g/mol. The minimum absolute atomic E-state index is 0.272. The first-order valence-electron chi connectivity index (χ1n) is 9.31. The van der Waals surface area contributed by atoms with Gasteiger partial charge in [0, 0.05) is 12.0 Å². The highest BCUT2D eigenvalue weighted by atomic mass is 16.5. The van der Waals surface area contributed by atoms with Gasteiger partial charge in [0.25, 0.3) is 5.91 Å². The standard InChI is InChI=1S/C23H17N3O3/c27-22(25-26-14-24-19-8-4-5-9-20(19)26)16-10-11-18-17(12-16)13-21(29-23(18)28)15-6-2-1-3-7-15/h1-12,14,21H,13H2,(H,25,27). The maximum Gasteiger partial charge on any atom is 0.339 e. The molecule has 6 nitrogen and oxygen atoms in total. The Kier molecular flexibility index (Phi) is 4.09. The van der Waals surface area contributed by atoms with Crippen molar-refractivity contribution in [3.63, 3.8) is 0 Å². The summed E-state index contributed by atoms with van der Waals surface area (Å²) in [5.74, 6) is -0.640. The first-order valence-corrected chi connectivity index (χ1v) is 9.31. The molecule has 1 amide bonds. The zero-order valence-corrected chi connectivity index (χ0v) is 15.4. The molecular formula is C23H17N3O3. The molecule has 3 aromatic carbocycles. The van der Waals surface area contributed by atoms with Crippen molar-refractivity contribution in [3.8, 4) is 0 Å². The molecule has 1 atom stereocenters. The van der Waals surface area contributed by atoms with Crippen molar-refractivity contribution in [1.29, 1.82) is 0 Å². The summed E-state index contributed by atoms with van der Waals surface area (Å²) in [5.41, 5.74) is 7.17. The number of benzene rings is 3. The van der Waals surface area contributed by atoms with Crippen LogP contribution in [0, 0.1) is 0 Å². The number of rotatable bonds is 3. The highest BCUT2D eigenvalue weighted by Gasteiger charge is 2.28. The van der Waals surface area contributed by atoms with E-state index in [-0.39, 0.29) is 18.0 Å². The number of cyclic esters (lactones) is 1. The van der Waals surface area contributed by atoms with Crippen molar-refractivity contribution in [2.75, 3.05) is 5.43 Å². The Morgan fingerprint density at radius 1 is 1.03 bits per heavy atom. The molecule has 1 N–H and O–H groups in total. The molecule has 0 saturated heterocycles. The quantitative estimate of drug-likeness (QED) is 0.545. The van der Waals surface area contributed by atoms with Gasteiger partial charge in [0.2, 0.25) is 0 Å². The molecule has 1 aliphatic heterocycles. The van der Waals surface area contributed by atoms with Crippen LogP contribution in [0.15, 0.2) is 79.1 Å². The second kappa shape index (κ2) is 6.91. The number of imidazole rings is 1. The van der Waals surface area contributed by atoms with Gasteiger partial charge in [-0.3, -0.25) is 10.2 Å². The van der Waals surface area contributed by atoms with Crippen molar-refractivity contribution < 1.29 is 14.3 Å². The molecule has 29 heavy (non-hydrogen) atoms. The van der Waals surface area contributed by atoms with Crippen molar-refractivity contribution in [2.45, 2.75) is 12.5 Å². The summed E-state index contributed by atoms with van der Waals surface area (Å²) < 4.78 is 7.18. The fourth-order valence-corrected chi connectivity index (χ4v) is 3.61. The number of carbonyl (C=O) groups is 2. The summed E-state index contributed by atoms with van der Waals surface area (Å²) in [6.45, 7) is 0. The smallest absolute Gasteiger partial charge is 0.339 e. The Morgan fingerprint density at radius 2 is 1.83 bits per heavy atom. The number of nitrogens with one attached hydrogen (secondary N) is 1. The number of hydrogen-bond donors (Lipinski definition) is 1. The number of esters is 1. The zero-order valence-electron chi connectivity index (χ0n) is 15.4. The van der Waals surface area contributed by atoms with E-state index in [1.165, 1.54) is 0 Å². The third-order valence-electron chi connectivity index (χ3n) is 5.09. The van der Waals surface area contributed by atoms with Crippen LogP contribution < -0.4 is 5.43 Å². The van der Waals surface area contributed by atoms with Gasteiger partial charge in [0.05, 0.1) is 16.6 Å². The van der Waals surface area contributed by atoms with Crippen molar-refractivity contribution >= 4 is 22.9 Å². The third kappa shape index (κ3) is 3.14. The third-order valence-corrected chi connectivity index (χ3v) is 5.09. The molecule has 2 heterocycles. The van der Waals surface area contributed by atoms with Gasteiger partial charge >= 0.3 is 5.97 Å². The Balaban J connectivity index is 1.42. The lowest BCUT2D eigenvalue weighted by Gasteiger charge is -2.25. The van der Waals surface area contributed by atoms with E-state index in [1.54, 1.807) is 29.2 Å². The Morgan fingerprint density at radius 3 is 2.69 bits per heavy atom. The van der Waals surface area contributed by atoms with Gasteiger partial charge in [0.15, 0.2) is 0 Å². The van der Waals surface area contributed by atoms with Gasteiger partial charge in [-0.25, -0.2) is 14.5 Å². The van der Waals surface area contributed by atoms with Gasteiger partial charge in [-0.2, -0.15) is 0 Å². The highest BCUT2D eigenvalue weighted by Crippen LogP contribution is 2.31. The van der Waals surface area contributed by atoms with Gasteiger partial charge in [0.1, 0.15) is 12.4 Å². The number of aromatic nitrogens is 2. The van der Waals surface area contributed by atoms with Crippen LogP contribution in [0.25, 0.3) is 11.0 Å². The van der Waals surface area contributed by atoms with Crippen molar-refractivity contribution in [2.24, 2.45) is 0 Å². The predicted octanol–water partition coefficient (Wildman–Crippen LogP) is 3.87.